The number of rotatable bonds is 2. The second-order valence-corrected chi connectivity index (χ2v) is 4.03. The lowest BCUT2D eigenvalue weighted by Crippen LogP contribution is -2.18. The minimum absolute atomic E-state index is 0.271. The molecule has 0 radical (unpaired) electrons. The highest BCUT2D eigenvalue weighted by Gasteiger charge is 2.22. The molecule has 0 fully saturated rings. The highest BCUT2D eigenvalue weighted by atomic mass is 16.7. The fraction of sp³-hybridized carbons (Fsp3) is 0.364. The van der Waals surface area contributed by atoms with Crippen molar-refractivity contribution in [2.24, 2.45) is 5.16 Å². The standard InChI is InChI=1S/C11H13NO3/c1-11(2,6-12-13)8-3-4-9-10(5-8)15-7-14-9/h3-6,13H,7H2,1-2H3/b12-6-. The number of hydrogen-bond donors (Lipinski definition) is 1. The van der Waals surface area contributed by atoms with E-state index in [0.29, 0.717) is 0 Å². The number of fused-ring (bicyclic) bond motifs is 1. The van der Waals surface area contributed by atoms with E-state index in [2.05, 4.69) is 5.16 Å². The number of ether oxygens (including phenoxy) is 2. The second-order valence-electron chi connectivity index (χ2n) is 4.03. The smallest absolute Gasteiger partial charge is 0.231 e. The summed E-state index contributed by atoms with van der Waals surface area (Å²) in [5.41, 5.74) is 0.694. The van der Waals surface area contributed by atoms with E-state index in [1.54, 1.807) is 0 Å². The van der Waals surface area contributed by atoms with Crippen LogP contribution in [-0.4, -0.2) is 18.2 Å². The van der Waals surface area contributed by atoms with Crippen molar-refractivity contribution in [1.29, 1.82) is 0 Å². The van der Waals surface area contributed by atoms with E-state index in [-0.39, 0.29) is 12.2 Å². The Morgan fingerprint density at radius 1 is 1.33 bits per heavy atom. The topological polar surface area (TPSA) is 51.1 Å². The summed E-state index contributed by atoms with van der Waals surface area (Å²) in [4.78, 5) is 0. The van der Waals surface area contributed by atoms with E-state index in [0.717, 1.165) is 17.1 Å². The molecule has 0 aliphatic carbocycles. The van der Waals surface area contributed by atoms with Gasteiger partial charge in [0.05, 0.1) is 6.21 Å². The van der Waals surface area contributed by atoms with Gasteiger partial charge in [0.1, 0.15) is 0 Å². The summed E-state index contributed by atoms with van der Waals surface area (Å²) in [6, 6.07) is 5.71. The minimum Gasteiger partial charge on any atom is -0.454 e. The molecule has 4 heteroatoms. The maximum atomic E-state index is 8.57. The van der Waals surface area contributed by atoms with Crippen molar-refractivity contribution in [2.45, 2.75) is 19.3 Å². The van der Waals surface area contributed by atoms with Gasteiger partial charge in [-0.15, -0.1) is 5.16 Å². The maximum Gasteiger partial charge on any atom is 0.231 e. The molecular formula is C11H13NO3. The predicted molar refractivity (Wildman–Crippen MR) is 55.9 cm³/mol. The van der Waals surface area contributed by atoms with E-state index in [9.17, 15) is 0 Å². The molecule has 1 N–H and O–H groups in total. The van der Waals surface area contributed by atoms with Gasteiger partial charge in [-0.05, 0) is 17.7 Å². The van der Waals surface area contributed by atoms with Crippen LogP contribution in [0.15, 0.2) is 23.4 Å². The first kappa shape index (κ1) is 9.83. The quantitative estimate of drug-likeness (QED) is 0.459. The van der Waals surface area contributed by atoms with Crippen molar-refractivity contribution in [3.63, 3.8) is 0 Å². The van der Waals surface area contributed by atoms with Crippen LogP contribution in [0.25, 0.3) is 0 Å². The molecule has 0 bridgehead atoms. The predicted octanol–water partition coefficient (Wildman–Crippen LogP) is 2.15. The number of oxime groups is 1. The van der Waals surface area contributed by atoms with Gasteiger partial charge in [-0.25, -0.2) is 0 Å². The lowest BCUT2D eigenvalue weighted by molar-refractivity contribution is 0.174. The van der Waals surface area contributed by atoms with Gasteiger partial charge in [0.25, 0.3) is 0 Å². The molecule has 1 aromatic carbocycles. The first-order valence-electron chi connectivity index (χ1n) is 4.72. The summed E-state index contributed by atoms with van der Waals surface area (Å²) in [6.45, 7) is 4.20. The van der Waals surface area contributed by atoms with Crippen molar-refractivity contribution < 1.29 is 14.7 Å². The van der Waals surface area contributed by atoms with E-state index in [1.165, 1.54) is 6.21 Å². The van der Waals surface area contributed by atoms with E-state index in [1.807, 2.05) is 32.0 Å². The summed E-state index contributed by atoms with van der Waals surface area (Å²) in [7, 11) is 0. The molecule has 80 valence electrons. The zero-order valence-electron chi connectivity index (χ0n) is 8.73. The van der Waals surface area contributed by atoms with E-state index >= 15 is 0 Å². The van der Waals surface area contributed by atoms with Crippen molar-refractivity contribution in [2.75, 3.05) is 6.79 Å². The third-order valence-corrected chi connectivity index (χ3v) is 2.50. The van der Waals surface area contributed by atoms with Crippen molar-refractivity contribution in [3.8, 4) is 11.5 Å². The highest BCUT2D eigenvalue weighted by molar-refractivity contribution is 5.72. The summed E-state index contributed by atoms with van der Waals surface area (Å²) in [5.74, 6) is 1.50. The average molecular weight is 207 g/mol. The Labute approximate surface area is 88.1 Å². The Kier molecular flexibility index (Phi) is 2.26. The van der Waals surface area contributed by atoms with Gasteiger partial charge < -0.3 is 14.7 Å². The van der Waals surface area contributed by atoms with Crippen LogP contribution in [0.2, 0.25) is 0 Å². The Balaban J connectivity index is 2.38. The van der Waals surface area contributed by atoms with Crippen molar-refractivity contribution in [1.82, 2.24) is 0 Å². The summed E-state index contributed by atoms with van der Waals surface area (Å²) < 4.78 is 10.5. The van der Waals surface area contributed by atoms with Gasteiger partial charge >= 0.3 is 0 Å². The molecule has 0 unspecified atom stereocenters. The van der Waals surface area contributed by atoms with Crippen LogP contribution in [0.1, 0.15) is 19.4 Å². The van der Waals surface area contributed by atoms with Crippen LogP contribution in [0.5, 0.6) is 11.5 Å². The first-order chi connectivity index (χ1) is 7.13. The molecule has 1 aliphatic heterocycles. The SMILES string of the molecule is CC(C)(/C=N\O)c1ccc2c(c1)OCO2. The number of hydrogen-bond acceptors (Lipinski definition) is 4. The van der Waals surface area contributed by atoms with Crippen molar-refractivity contribution >= 4 is 6.21 Å². The van der Waals surface area contributed by atoms with E-state index < -0.39 is 0 Å². The summed E-state index contributed by atoms with van der Waals surface area (Å²) >= 11 is 0. The zero-order valence-corrected chi connectivity index (χ0v) is 8.73. The highest BCUT2D eigenvalue weighted by Crippen LogP contribution is 2.35. The van der Waals surface area contributed by atoms with Crippen LogP contribution in [0, 0.1) is 0 Å². The van der Waals surface area contributed by atoms with Crippen LogP contribution in [0.3, 0.4) is 0 Å². The number of benzene rings is 1. The van der Waals surface area contributed by atoms with Crippen molar-refractivity contribution in [3.05, 3.63) is 23.8 Å². The molecule has 0 amide bonds. The average Bonchev–Trinajstić information content (AvgIpc) is 2.63. The van der Waals surface area contributed by atoms with Gasteiger partial charge in [-0.3, -0.25) is 0 Å². The maximum absolute atomic E-state index is 8.57. The Morgan fingerprint density at radius 2 is 2.07 bits per heavy atom. The largest absolute Gasteiger partial charge is 0.454 e. The molecule has 0 spiro atoms. The van der Waals surface area contributed by atoms with Crippen LogP contribution in [0.4, 0.5) is 0 Å². The van der Waals surface area contributed by atoms with Crippen LogP contribution < -0.4 is 9.47 Å². The van der Waals surface area contributed by atoms with Crippen LogP contribution in [-0.2, 0) is 5.41 Å². The Bertz CT molecular complexity index is 399. The van der Waals surface area contributed by atoms with Crippen LogP contribution >= 0.6 is 0 Å². The second kappa shape index (κ2) is 3.46. The monoisotopic (exact) mass is 207 g/mol. The number of nitrogens with zero attached hydrogens (tertiary/aromatic N) is 1. The minimum atomic E-state index is -0.324. The molecule has 1 heterocycles. The normalized spacial score (nSPS) is 14.8. The molecule has 0 saturated carbocycles. The lowest BCUT2D eigenvalue weighted by Gasteiger charge is -2.19. The Morgan fingerprint density at radius 3 is 2.80 bits per heavy atom. The fourth-order valence-electron chi connectivity index (χ4n) is 1.52. The van der Waals surface area contributed by atoms with E-state index in [4.69, 9.17) is 14.7 Å². The van der Waals surface area contributed by atoms with Gasteiger partial charge in [0.15, 0.2) is 11.5 Å². The molecule has 0 aromatic heterocycles. The van der Waals surface area contributed by atoms with Gasteiger partial charge in [0, 0.05) is 5.41 Å². The molecule has 1 aromatic rings. The van der Waals surface area contributed by atoms with Gasteiger partial charge in [-0.1, -0.05) is 19.9 Å². The summed E-state index contributed by atoms with van der Waals surface area (Å²) in [6.07, 6.45) is 1.49. The summed E-state index contributed by atoms with van der Waals surface area (Å²) in [5, 5.41) is 11.7. The molecule has 0 saturated heterocycles. The fourth-order valence-corrected chi connectivity index (χ4v) is 1.52. The zero-order chi connectivity index (χ0) is 10.9. The molecule has 2 rings (SSSR count). The third kappa shape index (κ3) is 1.75. The molecule has 0 atom stereocenters. The molecular weight excluding hydrogens is 194 g/mol. The van der Waals surface area contributed by atoms with Gasteiger partial charge in [-0.2, -0.15) is 0 Å². The first-order valence-corrected chi connectivity index (χ1v) is 4.72. The Hall–Kier alpha value is -1.71. The third-order valence-electron chi connectivity index (χ3n) is 2.50. The molecule has 1 aliphatic rings. The molecule has 15 heavy (non-hydrogen) atoms. The van der Waals surface area contributed by atoms with Gasteiger partial charge in [0.2, 0.25) is 6.79 Å². The molecule has 4 nitrogen and oxygen atoms in total. The lowest BCUT2D eigenvalue weighted by atomic mass is 9.86.